The van der Waals surface area contributed by atoms with Gasteiger partial charge in [-0.1, -0.05) is 12.2 Å². The lowest BCUT2D eigenvalue weighted by atomic mass is 9.85. The molecule has 2 unspecified atom stereocenters. The summed E-state index contributed by atoms with van der Waals surface area (Å²) in [5.74, 6) is -2.05. The van der Waals surface area contributed by atoms with Crippen molar-refractivity contribution in [1.29, 1.82) is 5.26 Å². The molecule has 94 valence electrons. The Hall–Kier alpha value is -2.16. The Labute approximate surface area is 104 Å². The summed E-state index contributed by atoms with van der Waals surface area (Å²) in [6.07, 6.45) is 4.84. The fourth-order valence-electron chi connectivity index (χ4n) is 2.31. The smallest absolute Gasteiger partial charge is 0.327 e. The van der Waals surface area contributed by atoms with Gasteiger partial charge in [-0.25, -0.2) is 0 Å². The van der Waals surface area contributed by atoms with Crippen molar-refractivity contribution in [3.63, 3.8) is 0 Å². The van der Waals surface area contributed by atoms with Gasteiger partial charge >= 0.3 is 5.97 Å². The molecule has 2 rings (SSSR count). The lowest BCUT2D eigenvalue weighted by molar-refractivity contribution is -0.152. The molecule has 1 heterocycles. The molecule has 1 fully saturated rings. The number of nitriles is 1. The van der Waals surface area contributed by atoms with Crippen LogP contribution in [-0.4, -0.2) is 35.8 Å². The van der Waals surface area contributed by atoms with Crippen molar-refractivity contribution in [3.8, 4) is 6.07 Å². The third-order valence-electron chi connectivity index (χ3n) is 3.18. The molecule has 0 aromatic heterocycles. The summed E-state index contributed by atoms with van der Waals surface area (Å²) in [7, 11) is 0. The highest BCUT2D eigenvalue weighted by molar-refractivity contribution is 6.07. The van der Waals surface area contributed by atoms with Gasteiger partial charge in [0.25, 0.3) is 0 Å². The second-order valence-electron chi connectivity index (χ2n) is 4.24. The van der Waals surface area contributed by atoms with E-state index in [2.05, 4.69) is 4.74 Å². The zero-order valence-electron chi connectivity index (χ0n) is 9.67. The van der Waals surface area contributed by atoms with Crippen LogP contribution in [0.4, 0.5) is 0 Å². The molecule has 6 heteroatoms. The predicted molar refractivity (Wildman–Crippen MR) is 58.6 cm³/mol. The van der Waals surface area contributed by atoms with E-state index in [1.54, 1.807) is 6.07 Å². The molecule has 0 radical (unpaired) electrons. The van der Waals surface area contributed by atoms with Crippen molar-refractivity contribution < 1.29 is 19.1 Å². The molecule has 0 bridgehead atoms. The van der Waals surface area contributed by atoms with Crippen LogP contribution in [0.2, 0.25) is 0 Å². The second kappa shape index (κ2) is 5.00. The number of allylic oxidation sites excluding steroid dienone is 2. The van der Waals surface area contributed by atoms with Gasteiger partial charge in [-0.15, -0.1) is 0 Å². The lowest BCUT2D eigenvalue weighted by Crippen LogP contribution is -2.36. The number of hydrogen-bond acceptors (Lipinski definition) is 5. The van der Waals surface area contributed by atoms with Gasteiger partial charge in [-0.2, -0.15) is 5.26 Å². The number of amides is 2. The van der Waals surface area contributed by atoms with Crippen LogP contribution in [0.3, 0.4) is 0 Å². The van der Waals surface area contributed by atoms with Crippen LogP contribution in [0.15, 0.2) is 12.2 Å². The van der Waals surface area contributed by atoms with Crippen LogP contribution in [0.5, 0.6) is 0 Å². The average molecular weight is 248 g/mol. The molecule has 0 N–H and O–H groups in total. The van der Waals surface area contributed by atoms with Crippen LogP contribution in [0.25, 0.3) is 0 Å². The van der Waals surface area contributed by atoms with E-state index in [9.17, 15) is 14.4 Å². The third kappa shape index (κ3) is 2.12. The van der Waals surface area contributed by atoms with Gasteiger partial charge in [0.1, 0.15) is 12.6 Å². The zero-order valence-corrected chi connectivity index (χ0v) is 9.67. The van der Waals surface area contributed by atoms with E-state index in [-0.39, 0.29) is 30.3 Å². The molecule has 2 amide bonds. The van der Waals surface area contributed by atoms with Gasteiger partial charge in [-0.05, 0) is 12.8 Å². The van der Waals surface area contributed by atoms with Crippen molar-refractivity contribution in [3.05, 3.63) is 12.2 Å². The molecule has 0 saturated carbocycles. The molecule has 1 saturated heterocycles. The van der Waals surface area contributed by atoms with Gasteiger partial charge in [0.05, 0.1) is 11.8 Å². The first-order chi connectivity index (χ1) is 8.65. The Bertz CT molecular complexity index is 437. The van der Waals surface area contributed by atoms with Crippen LogP contribution < -0.4 is 0 Å². The Morgan fingerprint density at radius 2 is 1.89 bits per heavy atom. The largest absolute Gasteiger partial charge is 0.449 e. The van der Waals surface area contributed by atoms with E-state index < -0.39 is 12.5 Å². The van der Waals surface area contributed by atoms with Crippen LogP contribution in [-0.2, 0) is 19.1 Å². The Morgan fingerprint density at radius 3 is 2.39 bits per heavy atom. The third-order valence-corrected chi connectivity index (χ3v) is 3.18. The molecule has 1 aliphatic heterocycles. The zero-order chi connectivity index (χ0) is 13.1. The van der Waals surface area contributed by atoms with Gasteiger partial charge in [0.15, 0.2) is 6.61 Å². The van der Waals surface area contributed by atoms with E-state index in [1.807, 2.05) is 12.2 Å². The number of carbonyl (C=O) groups excluding carboxylic acids is 3. The minimum absolute atomic E-state index is 0.316. The number of rotatable bonds is 3. The van der Waals surface area contributed by atoms with E-state index in [4.69, 9.17) is 5.26 Å². The molecule has 1 aliphatic carbocycles. The topological polar surface area (TPSA) is 87.5 Å². The summed E-state index contributed by atoms with van der Waals surface area (Å²) in [6, 6.07) is 1.65. The Morgan fingerprint density at radius 1 is 1.33 bits per heavy atom. The summed E-state index contributed by atoms with van der Waals surface area (Å²) in [5.41, 5.74) is 0. The van der Waals surface area contributed by atoms with E-state index in [0.717, 1.165) is 4.90 Å². The number of likely N-dealkylation sites (tertiary alicyclic amines) is 1. The molecule has 0 spiro atoms. The molecule has 0 aromatic carbocycles. The number of ether oxygens (including phenoxy) is 1. The summed E-state index contributed by atoms with van der Waals surface area (Å²) >= 11 is 0. The molecule has 18 heavy (non-hydrogen) atoms. The highest BCUT2D eigenvalue weighted by Gasteiger charge is 2.47. The molecule has 0 aromatic rings. The summed E-state index contributed by atoms with van der Waals surface area (Å²) in [4.78, 5) is 36.2. The first kappa shape index (κ1) is 12.3. The minimum atomic E-state index is -0.732. The molecule has 2 atom stereocenters. The average Bonchev–Trinajstić information content (AvgIpc) is 2.62. The number of esters is 1. The minimum Gasteiger partial charge on any atom is -0.449 e. The SMILES string of the molecule is N#CCOC(=O)CN1C(=O)C2CC=CCC2C1=O. The van der Waals surface area contributed by atoms with Gasteiger partial charge in [0.2, 0.25) is 11.8 Å². The number of imide groups is 1. The normalized spacial score (nSPS) is 25.8. The monoisotopic (exact) mass is 248 g/mol. The maximum Gasteiger partial charge on any atom is 0.327 e. The number of carbonyl (C=O) groups is 3. The fraction of sp³-hybridized carbons (Fsp3) is 0.500. The number of hydrogen-bond donors (Lipinski definition) is 0. The van der Waals surface area contributed by atoms with Crippen molar-refractivity contribution in [2.75, 3.05) is 13.2 Å². The van der Waals surface area contributed by atoms with E-state index >= 15 is 0 Å². The first-order valence-electron chi connectivity index (χ1n) is 5.68. The van der Waals surface area contributed by atoms with E-state index in [1.165, 1.54) is 0 Å². The van der Waals surface area contributed by atoms with Gasteiger partial charge in [0, 0.05) is 0 Å². The maximum absolute atomic E-state index is 12.0. The predicted octanol–water partition coefficient (Wildman–Crippen LogP) is 0.00438. The van der Waals surface area contributed by atoms with Crippen molar-refractivity contribution in [1.82, 2.24) is 4.90 Å². The number of nitrogens with zero attached hydrogens (tertiary/aromatic N) is 2. The molecule has 2 aliphatic rings. The standard InChI is InChI=1S/C12H12N2O4/c13-5-6-18-10(15)7-14-11(16)8-3-1-2-4-9(8)12(14)17/h1-2,8-9H,3-4,6-7H2. The van der Waals surface area contributed by atoms with E-state index in [0.29, 0.717) is 12.8 Å². The molecular weight excluding hydrogens is 236 g/mol. The quantitative estimate of drug-likeness (QED) is 0.398. The summed E-state index contributed by atoms with van der Waals surface area (Å²) in [6.45, 7) is -0.768. The summed E-state index contributed by atoms with van der Waals surface area (Å²) in [5, 5.41) is 8.27. The van der Waals surface area contributed by atoms with Crippen molar-refractivity contribution in [2.45, 2.75) is 12.8 Å². The van der Waals surface area contributed by atoms with Gasteiger partial charge in [-0.3, -0.25) is 19.3 Å². The highest BCUT2D eigenvalue weighted by Crippen LogP contribution is 2.34. The summed E-state index contributed by atoms with van der Waals surface area (Å²) < 4.78 is 4.54. The maximum atomic E-state index is 12.0. The second-order valence-corrected chi connectivity index (χ2v) is 4.24. The van der Waals surface area contributed by atoms with Crippen molar-refractivity contribution >= 4 is 17.8 Å². The fourth-order valence-corrected chi connectivity index (χ4v) is 2.31. The highest BCUT2D eigenvalue weighted by atomic mass is 16.5. The van der Waals surface area contributed by atoms with Crippen LogP contribution in [0, 0.1) is 23.2 Å². The molecule has 6 nitrogen and oxygen atoms in total. The number of fused-ring (bicyclic) bond motifs is 1. The van der Waals surface area contributed by atoms with Gasteiger partial charge < -0.3 is 4.74 Å². The lowest BCUT2D eigenvalue weighted by Gasteiger charge is -2.14. The molecular formula is C12H12N2O4. The van der Waals surface area contributed by atoms with Crippen LogP contribution >= 0.6 is 0 Å². The Kier molecular flexibility index (Phi) is 3.42. The van der Waals surface area contributed by atoms with Crippen LogP contribution in [0.1, 0.15) is 12.8 Å². The van der Waals surface area contributed by atoms with Crippen molar-refractivity contribution in [2.24, 2.45) is 11.8 Å². The Balaban J connectivity index is 2.02. The first-order valence-corrected chi connectivity index (χ1v) is 5.68.